The Morgan fingerprint density at radius 2 is 2.30 bits per heavy atom. The van der Waals surface area contributed by atoms with Crippen molar-refractivity contribution in [1.82, 2.24) is 9.78 Å². The summed E-state index contributed by atoms with van der Waals surface area (Å²) in [7, 11) is 0. The van der Waals surface area contributed by atoms with Crippen molar-refractivity contribution < 1.29 is 4.39 Å². The summed E-state index contributed by atoms with van der Waals surface area (Å²) in [4.78, 5) is 0. The summed E-state index contributed by atoms with van der Waals surface area (Å²) in [6.45, 7) is 4.31. The molecule has 1 aromatic rings. The van der Waals surface area contributed by atoms with Gasteiger partial charge in [0.25, 0.3) is 0 Å². The molecule has 0 fully saturated rings. The summed E-state index contributed by atoms with van der Waals surface area (Å²) in [5.41, 5.74) is 0.571. The van der Waals surface area contributed by atoms with Crippen molar-refractivity contribution in [3.05, 3.63) is 17.7 Å². The van der Waals surface area contributed by atoms with E-state index in [-0.39, 0.29) is 5.95 Å². The maximum Gasteiger partial charge on any atom is 0.215 e. The van der Waals surface area contributed by atoms with Gasteiger partial charge in [0.1, 0.15) is 6.20 Å². The first kappa shape index (κ1) is 7.25. The molecular weight excluding hydrogens is 131 g/mol. The molecule has 0 saturated carbocycles. The van der Waals surface area contributed by atoms with Crippen LogP contribution in [0.25, 0.3) is 0 Å². The van der Waals surface area contributed by atoms with Gasteiger partial charge in [-0.25, -0.2) is 4.68 Å². The fraction of sp³-hybridized carbons (Fsp3) is 0.571. The average Bonchev–Trinajstić information content (AvgIpc) is 2.30. The highest BCUT2D eigenvalue weighted by molar-refractivity contribution is 5.04. The lowest BCUT2D eigenvalue weighted by Gasteiger charge is -1.94. The number of aromatic nitrogens is 2. The van der Waals surface area contributed by atoms with Crippen molar-refractivity contribution in [2.45, 2.75) is 26.8 Å². The van der Waals surface area contributed by atoms with E-state index in [4.69, 9.17) is 0 Å². The molecule has 0 atom stereocenters. The van der Waals surface area contributed by atoms with Crippen molar-refractivity contribution in [3.8, 4) is 0 Å². The third-order valence-electron chi connectivity index (χ3n) is 1.43. The number of hydrogen-bond acceptors (Lipinski definition) is 1. The van der Waals surface area contributed by atoms with E-state index in [2.05, 4.69) is 11.3 Å². The fourth-order valence-electron chi connectivity index (χ4n) is 0.801. The van der Waals surface area contributed by atoms with E-state index in [0.717, 1.165) is 0 Å². The Hall–Kier alpha value is -0.860. The first-order valence-corrected chi connectivity index (χ1v) is 3.42. The van der Waals surface area contributed by atoms with Crippen LogP contribution in [-0.4, -0.2) is 9.78 Å². The van der Waals surface area contributed by atoms with Gasteiger partial charge in [0.2, 0.25) is 5.95 Å². The fourth-order valence-corrected chi connectivity index (χ4v) is 0.801. The van der Waals surface area contributed by atoms with Gasteiger partial charge >= 0.3 is 0 Å². The van der Waals surface area contributed by atoms with Gasteiger partial charge in [-0.05, 0) is 13.3 Å². The van der Waals surface area contributed by atoms with E-state index in [1.807, 2.05) is 13.8 Å². The molecule has 0 N–H and O–H groups in total. The third kappa shape index (κ3) is 1.03. The maximum atomic E-state index is 12.9. The lowest BCUT2D eigenvalue weighted by molar-refractivity contribution is 0.464. The van der Waals surface area contributed by atoms with Crippen molar-refractivity contribution in [1.29, 1.82) is 0 Å². The lowest BCUT2D eigenvalue weighted by Crippen LogP contribution is -2.00. The standard InChI is InChI=1S/C7H10FN2/c1-3-6-5-9-10(4-2)7(6)8/h3-4H2,1-2H3. The van der Waals surface area contributed by atoms with E-state index in [0.29, 0.717) is 18.5 Å². The van der Waals surface area contributed by atoms with Crippen LogP contribution in [0.5, 0.6) is 0 Å². The minimum Gasteiger partial charge on any atom is -0.239 e. The molecule has 1 rings (SSSR count). The predicted octanol–water partition coefficient (Wildman–Crippen LogP) is 1.40. The molecule has 0 aromatic carbocycles. The molecule has 1 heterocycles. The molecule has 0 unspecified atom stereocenters. The molecule has 0 saturated heterocycles. The maximum absolute atomic E-state index is 12.9. The lowest BCUT2D eigenvalue weighted by atomic mass is 10.3. The van der Waals surface area contributed by atoms with Gasteiger partial charge in [-0.2, -0.15) is 9.49 Å². The van der Waals surface area contributed by atoms with Crippen molar-refractivity contribution >= 4 is 0 Å². The zero-order valence-corrected chi connectivity index (χ0v) is 6.19. The van der Waals surface area contributed by atoms with Crippen molar-refractivity contribution in [3.63, 3.8) is 0 Å². The molecule has 0 bridgehead atoms. The van der Waals surface area contributed by atoms with Gasteiger partial charge in [-0.3, -0.25) is 0 Å². The number of nitrogens with zero attached hydrogens (tertiary/aromatic N) is 2. The number of aryl methyl sites for hydroxylation is 2. The Balaban J connectivity index is 2.97. The predicted molar refractivity (Wildman–Crippen MR) is 36.1 cm³/mol. The van der Waals surface area contributed by atoms with Gasteiger partial charge in [0.15, 0.2) is 0 Å². The van der Waals surface area contributed by atoms with Gasteiger partial charge in [0.05, 0.1) is 0 Å². The molecule has 55 valence electrons. The van der Waals surface area contributed by atoms with Crippen LogP contribution in [0.1, 0.15) is 19.4 Å². The van der Waals surface area contributed by atoms with Crippen molar-refractivity contribution in [2.24, 2.45) is 0 Å². The van der Waals surface area contributed by atoms with Gasteiger partial charge in [-0.15, -0.1) is 0 Å². The molecular formula is C7H10FN2. The number of rotatable bonds is 2. The number of hydrogen-bond donors (Lipinski definition) is 0. The summed E-state index contributed by atoms with van der Waals surface area (Å²) in [5, 5.41) is 3.72. The zero-order chi connectivity index (χ0) is 7.56. The van der Waals surface area contributed by atoms with E-state index in [9.17, 15) is 4.39 Å². The quantitative estimate of drug-likeness (QED) is 0.608. The molecule has 0 aliphatic rings. The largest absolute Gasteiger partial charge is 0.239 e. The molecule has 3 heteroatoms. The van der Waals surface area contributed by atoms with Gasteiger partial charge < -0.3 is 0 Å². The molecule has 0 amide bonds. The minimum atomic E-state index is -0.245. The minimum absolute atomic E-state index is 0.245. The second kappa shape index (κ2) is 2.82. The molecule has 0 spiro atoms. The van der Waals surface area contributed by atoms with Crippen LogP contribution in [0.3, 0.4) is 0 Å². The average molecular weight is 141 g/mol. The molecule has 10 heavy (non-hydrogen) atoms. The van der Waals surface area contributed by atoms with Crippen LogP contribution in [0, 0.1) is 12.1 Å². The monoisotopic (exact) mass is 141 g/mol. The van der Waals surface area contributed by atoms with Gasteiger partial charge in [-0.1, -0.05) is 6.92 Å². The molecule has 0 aliphatic heterocycles. The van der Waals surface area contributed by atoms with E-state index >= 15 is 0 Å². The van der Waals surface area contributed by atoms with Crippen LogP contribution in [0.15, 0.2) is 0 Å². The van der Waals surface area contributed by atoms with Crippen molar-refractivity contribution in [2.75, 3.05) is 0 Å². The molecule has 0 aliphatic carbocycles. The summed E-state index contributed by atoms with van der Waals surface area (Å²) < 4.78 is 14.2. The number of halogens is 1. The SMILES string of the molecule is CCc1[c]nn(CC)c1F. The van der Waals surface area contributed by atoms with Crippen LogP contribution >= 0.6 is 0 Å². The second-order valence-electron chi connectivity index (χ2n) is 2.05. The van der Waals surface area contributed by atoms with Crippen LogP contribution < -0.4 is 0 Å². The Labute approximate surface area is 59.7 Å². The molecule has 2 nitrogen and oxygen atoms in total. The Bertz CT molecular complexity index is 196. The Kier molecular flexibility index (Phi) is 2.04. The van der Waals surface area contributed by atoms with Crippen LogP contribution in [0.4, 0.5) is 4.39 Å². The second-order valence-corrected chi connectivity index (χ2v) is 2.05. The topological polar surface area (TPSA) is 17.8 Å². The Morgan fingerprint density at radius 1 is 1.60 bits per heavy atom. The molecule has 1 aromatic heterocycles. The first-order chi connectivity index (χ1) is 4.79. The zero-order valence-electron chi connectivity index (χ0n) is 6.19. The smallest absolute Gasteiger partial charge is 0.215 e. The Morgan fingerprint density at radius 3 is 2.60 bits per heavy atom. The summed E-state index contributed by atoms with van der Waals surface area (Å²) in [6.07, 6.45) is 3.27. The van der Waals surface area contributed by atoms with Gasteiger partial charge in [0, 0.05) is 12.1 Å². The molecule has 1 radical (unpaired) electrons. The highest BCUT2D eigenvalue weighted by Crippen LogP contribution is 2.04. The summed E-state index contributed by atoms with van der Waals surface area (Å²) >= 11 is 0. The van der Waals surface area contributed by atoms with E-state index in [1.165, 1.54) is 4.68 Å². The first-order valence-electron chi connectivity index (χ1n) is 3.42. The third-order valence-corrected chi connectivity index (χ3v) is 1.43. The van der Waals surface area contributed by atoms with Crippen LogP contribution in [0.2, 0.25) is 0 Å². The van der Waals surface area contributed by atoms with Crippen LogP contribution in [-0.2, 0) is 13.0 Å². The summed E-state index contributed by atoms with van der Waals surface area (Å²) in [5.74, 6) is -0.245. The highest BCUT2D eigenvalue weighted by atomic mass is 19.1. The highest BCUT2D eigenvalue weighted by Gasteiger charge is 2.05. The normalized spacial score (nSPS) is 10.3. The summed E-state index contributed by atoms with van der Waals surface area (Å²) in [6, 6.07) is 0. The van der Waals surface area contributed by atoms with E-state index in [1.54, 1.807) is 0 Å². The van der Waals surface area contributed by atoms with E-state index < -0.39 is 0 Å².